The van der Waals surface area contributed by atoms with Crippen molar-refractivity contribution >= 4 is 26.7 Å². The Kier molecular flexibility index (Phi) is 5.13. The molecule has 136 valence electrons. The van der Waals surface area contributed by atoms with Crippen LogP contribution in [0, 0.1) is 6.92 Å². The molecular formula is C20H21NO4S. The highest BCUT2D eigenvalue weighted by molar-refractivity contribution is 7.91. The summed E-state index contributed by atoms with van der Waals surface area (Å²) in [6.45, 7) is 3.70. The molecule has 26 heavy (non-hydrogen) atoms. The smallest absolute Gasteiger partial charge is 0.221 e. The van der Waals surface area contributed by atoms with Gasteiger partial charge in [-0.1, -0.05) is 35.9 Å². The molecule has 1 atom stereocenters. The summed E-state index contributed by atoms with van der Waals surface area (Å²) in [4.78, 5) is 12.4. The lowest BCUT2D eigenvalue weighted by Crippen LogP contribution is -2.28. The fraction of sp³-hybridized carbons (Fsp3) is 0.250. The third-order valence-corrected chi connectivity index (χ3v) is 5.96. The van der Waals surface area contributed by atoms with E-state index < -0.39 is 9.84 Å². The number of sulfone groups is 1. The van der Waals surface area contributed by atoms with Crippen molar-refractivity contribution in [1.29, 1.82) is 0 Å². The van der Waals surface area contributed by atoms with Crippen LogP contribution in [0.3, 0.4) is 0 Å². The second-order valence-corrected chi connectivity index (χ2v) is 8.47. The van der Waals surface area contributed by atoms with Gasteiger partial charge in [0, 0.05) is 11.8 Å². The zero-order chi connectivity index (χ0) is 18.7. The molecule has 0 saturated heterocycles. The topological polar surface area (TPSA) is 76.4 Å². The Bertz CT molecular complexity index is 986. The van der Waals surface area contributed by atoms with Gasteiger partial charge in [0.15, 0.2) is 9.84 Å². The Morgan fingerprint density at radius 3 is 2.50 bits per heavy atom. The first kappa shape index (κ1) is 18.2. The number of hydrogen-bond donors (Lipinski definition) is 1. The Morgan fingerprint density at radius 1 is 1.12 bits per heavy atom. The van der Waals surface area contributed by atoms with Crippen LogP contribution in [-0.4, -0.2) is 20.1 Å². The largest absolute Gasteiger partial charge is 0.459 e. The number of rotatable bonds is 6. The highest BCUT2D eigenvalue weighted by Gasteiger charge is 2.19. The summed E-state index contributed by atoms with van der Waals surface area (Å²) >= 11 is 0. The molecule has 5 nitrogen and oxygen atoms in total. The first-order valence-electron chi connectivity index (χ1n) is 8.42. The van der Waals surface area contributed by atoms with Crippen molar-refractivity contribution in [1.82, 2.24) is 5.32 Å². The van der Waals surface area contributed by atoms with Crippen LogP contribution in [0.1, 0.15) is 30.7 Å². The maximum absolute atomic E-state index is 12.3. The number of amides is 1. The Labute approximate surface area is 152 Å². The van der Waals surface area contributed by atoms with E-state index in [-0.39, 0.29) is 29.0 Å². The lowest BCUT2D eigenvalue weighted by Gasteiger charge is -2.11. The number of benzene rings is 2. The van der Waals surface area contributed by atoms with E-state index >= 15 is 0 Å². The van der Waals surface area contributed by atoms with Gasteiger partial charge in [-0.05, 0) is 38.1 Å². The van der Waals surface area contributed by atoms with Crippen molar-refractivity contribution in [3.05, 3.63) is 65.9 Å². The minimum atomic E-state index is -3.48. The Morgan fingerprint density at radius 2 is 1.81 bits per heavy atom. The van der Waals surface area contributed by atoms with Gasteiger partial charge in [-0.15, -0.1) is 0 Å². The summed E-state index contributed by atoms with van der Waals surface area (Å²) in [7, 11) is -3.48. The normalized spacial score (nSPS) is 12.8. The molecule has 1 amide bonds. The van der Waals surface area contributed by atoms with E-state index in [1.54, 1.807) is 24.3 Å². The highest BCUT2D eigenvalue weighted by atomic mass is 32.2. The van der Waals surface area contributed by atoms with Gasteiger partial charge in [-0.3, -0.25) is 4.79 Å². The van der Waals surface area contributed by atoms with E-state index in [0.29, 0.717) is 5.76 Å². The standard InChI is InChI=1S/C20H21NO4S/c1-14-7-9-17(10-8-14)26(23,24)12-11-20(22)21-15(2)19-13-16-5-3-4-6-18(16)25-19/h3-10,13,15H,11-12H2,1-2H3,(H,21,22). The molecule has 2 aromatic carbocycles. The minimum Gasteiger partial charge on any atom is -0.459 e. The van der Waals surface area contributed by atoms with Crippen LogP contribution in [0.15, 0.2) is 63.9 Å². The van der Waals surface area contributed by atoms with Crippen molar-refractivity contribution in [2.75, 3.05) is 5.75 Å². The molecule has 0 spiro atoms. The van der Waals surface area contributed by atoms with Crippen LogP contribution in [0.4, 0.5) is 0 Å². The van der Waals surface area contributed by atoms with Gasteiger partial charge in [0.1, 0.15) is 11.3 Å². The molecule has 0 radical (unpaired) electrons. The molecule has 0 fully saturated rings. The number of hydrogen-bond acceptors (Lipinski definition) is 4. The summed E-state index contributed by atoms with van der Waals surface area (Å²) in [5, 5.41) is 3.76. The molecule has 1 heterocycles. The van der Waals surface area contributed by atoms with Crippen molar-refractivity contribution in [2.45, 2.75) is 31.2 Å². The second kappa shape index (κ2) is 7.33. The molecule has 0 bridgehead atoms. The molecule has 0 saturated carbocycles. The maximum Gasteiger partial charge on any atom is 0.221 e. The average Bonchev–Trinajstić information content (AvgIpc) is 3.05. The first-order valence-corrected chi connectivity index (χ1v) is 10.1. The number of furan rings is 1. The van der Waals surface area contributed by atoms with Crippen molar-refractivity contribution in [2.24, 2.45) is 0 Å². The van der Waals surface area contributed by atoms with E-state index in [1.807, 2.05) is 44.2 Å². The predicted octanol–water partition coefficient (Wildman–Crippen LogP) is 3.78. The molecule has 1 N–H and O–H groups in total. The lowest BCUT2D eigenvalue weighted by atomic mass is 10.2. The Balaban J connectivity index is 1.60. The first-order chi connectivity index (χ1) is 12.3. The zero-order valence-corrected chi connectivity index (χ0v) is 15.5. The molecule has 0 aliphatic rings. The van der Waals surface area contributed by atoms with Gasteiger partial charge in [0.05, 0.1) is 16.7 Å². The molecule has 3 aromatic rings. The molecule has 0 aliphatic heterocycles. The quantitative estimate of drug-likeness (QED) is 0.715. The fourth-order valence-electron chi connectivity index (χ4n) is 2.69. The van der Waals surface area contributed by atoms with E-state index in [9.17, 15) is 13.2 Å². The zero-order valence-electron chi connectivity index (χ0n) is 14.7. The summed E-state index contributed by atoms with van der Waals surface area (Å²) < 4.78 is 30.4. The van der Waals surface area contributed by atoms with Crippen LogP contribution < -0.4 is 5.32 Å². The third kappa shape index (κ3) is 4.14. The number of carbonyl (C=O) groups excluding carboxylic acids is 1. The van der Waals surface area contributed by atoms with E-state index in [0.717, 1.165) is 16.5 Å². The number of fused-ring (bicyclic) bond motifs is 1. The summed E-state index contributed by atoms with van der Waals surface area (Å²) in [5.41, 5.74) is 1.74. The number of para-hydroxylation sites is 1. The van der Waals surface area contributed by atoms with Gasteiger partial charge in [0.2, 0.25) is 5.91 Å². The number of aryl methyl sites for hydroxylation is 1. The summed E-state index contributed by atoms with van der Waals surface area (Å²) in [6, 6.07) is 15.8. The van der Waals surface area contributed by atoms with Crippen LogP contribution in [-0.2, 0) is 14.6 Å². The third-order valence-electron chi connectivity index (χ3n) is 4.23. The SMILES string of the molecule is Cc1ccc(S(=O)(=O)CCC(=O)NC(C)c2cc3ccccc3o2)cc1. The average molecular weight is 371 g/mol. The van der Waals surface area contributed by atoms with E-state index in [1.165, 1.54) is 0 Å². The van der Waals surface area contributed by atoms with Gasteiger partial charge in [-0.2, -0.15) is 0 Å². The Hall–Kier alpha value is -2.60. The van der Waals surface area contributed by atoms with Gasteiger partial charge < -0.3 is 9.73 Å². The summed E-state index contributed by atoms with van der Waals surface area (Å²) in [5.74, 6) is 0.0870. The van der Waals surface area contributed by atoms with Crippen LogP contribution in [0.5, 0.6) is 0 Å². The van der Waals surface area contributed by atoms with Gasteiger partial charge >= 0.3 is 0 Å². The molecule has 3 rings (SSSR count). The lowest BCUT2D eigenvalue weighted by molar-refractivity contribution is -0.121. The highest BCUT2D eigenvalue weighted by Crippen LogP contribution is 2.23. The fourth-order valence-corrected chi connectivity index (χ4v) is 3.93. The molecule has 1 unspecified atom stereocenters. The van der Waals surface area contributed by atoms with Crippen molar-refractivity contribution in [3.63, 3.8) is 0 Å². The van der Waals surface area contributed by atoms with Crippen molar-refractivity contribution in [3.8, 4) is 0 Å². The van der Waals surface area contributed by atoms with Crippen molar-refractivity contribution < 1.29 is 17.6 Å². The molecule has 1 aromatic heterocycles. The number of carbonyl (C=O) groups is 1. The monoisotopic (exact) mass is 371 g/mol. The van der Waals surface area contributed by atoms with Crippen LogP contribution in [0.25, 0.3) is 11.0 Å². The van der Waals surface area contributed by atoms with E-state index in [2.05, 4.69) is 5.32 Å². The van der Waals surface area contributed by atoms with Gasteiger partial charge in [0.25, 0.3) is 0 Å². The maximum atomic E-state index is 12.3. The second-order valence-electron chi connectivity index (χ2n) is 6.36. The molecule has 6 heteroatoms. The molecule has 0 aliphatic carbocycles. The van der Waals surface area contributed by atoms with Crippen LogP contribution in [0.2, 0.25) is 0 Å². The molecular weight excluding hydrogens is 350 g/mol. The number of nitrogens with one attached hydrogen (secondary N) is 1. The predicted molar refractivity (Wildman–Crippen MR) is 101 cm³/mol. The minimum absolute atomic E-state index is 0.0965. The van der Waals surface area contributed by atoms with E-state index in [4.69, 9.17) is 4.42 Å². The van der Waals surface area contributed by atoms with Gasteiger partial charge in [-0.25, -0.2) is 8.42 Å². The van der Waals surface area contributed by atoms with Crippen LogP contribution >= 0.6 is 0 Å². The summed E-state index contributed by atoms with van der Waals surface area (Å²) in [6.07, 6.45) is -0.0965.